The normalized spacial score (nSPS) is 14.8. The first-order valence-electron chi connectivity index (χ1n) is 9.04. The first-order valence-corrected chi connectivity index (χ1v) is 9.04. The highest BCUT2D eigenvalue weighted by Crippen LogP contribution is 2.26. The molecular formula is C19H20F2N6O. The van der Waals surface area contributed by atoms with E-state index >= 15 is 0 Å². The zero-order valence-corrected chi connectivity index (χ0v) is 15.3. The van der Waals surface area contributed by atoms with E-state index in [1.807, 2.05) is 13.0 Å². The maximum atomic E-state index is 14.3. The summed E-state index contributed by atoms with van der Waals surface area (Å²) < 4.78 is 33.3. The fraction of sp³-hybridized carbons (Fsp3) is 0.316. The molecule has 1 saturated heterocycles. The van der Waals surface area contributed by atoms with Gasteiger partial charge in [-0.15, -0.1) is 0 Å². The third kappa shape index (κ3) is 4.25. The topological polar surface area (TPSA) is 87.8 Å². The molecule has 0 radical (unpaired) electrons. The van der Waals surface area contributed by atoms with Gasteiger partial charge in [0.15, 0.2) is 11.6 Å². The van der Waals surface area contributed by atoms with Crippen molar-refractivity contribution in [3.8, 4) is 11.4 Å². The van der Waals surface area contributed by atoms with Crippen LogP contribution in [0.25, 0.3) is 11.4 Å². The van der Waals surface area contributed by atoms with Gasteiger partial charge in [0, 0.05) is 37.1 Å². The van der Waals surface area contributed by atoms with Crippen LogP contribution in [0.2, 0.25) is 0 Å². The molecule has 0 aliphatic carbocycles. The molecule has 7 nitrogen and oxygen atoms in total. The number of halogens is 2. The molecule has 1 aliphatic rings. The Morgan fingerprint density at radius 1 is 1.04 bits per heavy atom. The zero-order chi connectivity index (χ0) is 19.5. The molecule has 0 saturated carbocycles. The average molecular weight is 386 g/mol. The number of H-pyrrole nitrogens is 1. The van der Waals surface area contributed by atoms with Crippen molar-refractivity contribution in [2.75, 3.05) is 23.8 Å². The highest BCUT2D eigenvalue weighted by Gasteiger charge is 2.17. The second-order valence-electron chi connectivity index (χ2n) is 6.68. The highest BCUT2D eigenvalue weighted by atomic mass is 19.1. The van der Waals surface area contributed by atoms with Crippen LogP contribution in [-0.4, -0.2) is 39.4 Å². The number of rotatable bonds is 5. The Morgan fingerprint density at radius 3 is 2.57 bits per heavy atom. The summed E-state index contributed by atoms with van der Waals surface area (Å²) >= 11 is 0. The van der Waals surface area contributed by atoms with Crippen LogP contribution in [0.5, 0.6) is 0 Å². The minimum atomic E-state index is -0.591. The Labute approximate surface area is 160 Å². The second kappa shape index (κ2) is 7.89. The van der Waals surface area contributed by atoms with Crippen LogP contribution in [0.3, 0.4) is 0 Å². The van der Waals surface area contributed by atoms with E-state index in [4.69, 9.17) is 4.74 Å². The third-order valence-electron chi connectivity index (χ3n) is 4.43. The molecule has 0 unspecified atom stereocenters. The van der Waals surface area contributed by atoms with Crippen LogP contribution in [-0.2, 0) is 4.74 Å². The lowest BCUT2D eigenvalue weighted by atomic mass is 10.1. The van der Waals surface area contributed by atoms with Crippen molar-refractivity contribution in [2.24, 2.45) is 0 Å². The number of benzene rings is 1. The summed E-state index contributed by atoms with van der Waals surface area (Å²) in [6.07, 6.45) is 1.68. The standard InChI is InChI=1S/C19H20F2N6O/c1-11-8-18(27-26-11)23-17-10-16(22-13-4-6-28-7-5-13)24-19(25-17)14-9-12(20)2-3-15(14)21/h2-3,8-10,13H,4-7H2,1H3,(H3,22,23,24,25,26,27). The smallest absolute Gasteiger partial charge is 0.166 e. The maximum absolute atomic E-state index is 14.3. The van der Waals surface area contributed by atoms with Crippen molar-refractivity contribution >= 4 is 17.5 Å². The molecule has 0 atom stereocenters. The van der Waals surface area contributed by atoms with Crippen molar-refractivity contribution in [2.45, 2.75) is 25.8 Å². The van der Waals surface area contributed by atoms with Crippen molar-refractivity contribution in [3.63, 3.8) is 0 Å². The summed E-state index contributed by atoms with van der Waals surface area (Å²) in [5, 5.41) is 13.4. The molecule has 0 amide bonds. The van der Waals surface area contributed by atoms with E-state index in [0.29, 0.717) is 30.7 Å². The van der Waals surface area contributed by atoms with Crippen LogP contribution in [0, 0.1) is 18.6 Å². The van der Waals surface area contributed by atoms with E-state index in [2.05, 4.69) is 30.8 Å². The van der Waals surface area contributed by atoms with Crippen LogP contribution < -0.4 is 10.6 Å². The van der Waals surface area contributed by atoms with Crippen molar-refractivity contribution in [1.29, 1.82) is 0 Å². The Hall–Kier alpha value is -3.07. The first kappa shape index (κ1) is 18.3. The number of nitrogens with one attached hydrogen (secondary N) is 3. The third-order valence-corrected chi connectivity index (χ3v) is 4.43. The quantitative estimate of drug-likeness (QED) is 0.618. The predicted molar refractivity (Wildman–Crippen MR) is 101 cm³/mol. The number of hydrogen-bond acceptors (Lipinski definition) is 6. The average Bonchev–Trinajstić information content (AvgIpc) is 3.09. The van der Waals surface area contributed by atoms with E-state index in [1.165, 1.54) is 0 Å². The number of aryl methyl sites for hydroxylation is 1. The lowest BCUT2D eigenvalue weighted by Gasteiger charge is -2.24. The molecule has 9 heteroatoms. The van der Waals surface area contributed by atoms with E-state index < -0.39 is 11.6 Å². The van der Waals surface area contributed by atoms with Gasteiger partial charge in [-0.1, -0.05) is 0 Å². The Bertz CT molecular complexity index is 971. The fourth-order valence-electron chi connectivity index (χ4n) is 3.04. The second-order valence-corrected chi connectivity index (χ2v) is 6.68. The maximum Gasteiger partial charge on any atom is 0.166 e. The lowest BCUT2D eigenvalue weighted by Crippen LogP contribution is -2.28. The van der Waals surface area contributed by atoms with E-state index in [-0.39, 0.29) is 17.4 Å². The van der Waals surface area contributed by atoms with Gasteiger partial charge in [-0.3, -0.25) is 5.10 Å². The van der Waals surface area contributed by atoms with Gasteiger partial charge in [-0.2, -0.15) is 5.10 Å². The Kier molecular flexibility index (Phi) is 5.16. The van der Waals surface area contributed by atoms with Gasteiger partial charge in [0.05, 0.1) is 5.56 Å². The van der Waals surface area contributed by atoms with Gasteiger partial charge in [0.2, 0.25) is 0 Å². The zero-order valence-electron chi connectivity index (χ0n) is 15.3. The van der Waals surface area contributed by atoms with Crippen molar-refractivity contribution < 1.29 is 13.5 Å². The summed E-state index contributed by atoms with van der Waals surface area (Å²) in [5.74, 6) is 0.458. The summed E-state index contributed by atoms with van der Waals surface area (Å²) in [6, 6.07) is 6.95. The largest absolute Gasteiger partial charge is 0.381 e. The van der Waals surface area contributed by atoms with Gasteiger partial charge in [-0.05, 0) is 38.0 Å². The minimum absolute atomic E-state index is 0.00288. The number of aromatic nitrogens is 4. The van der Waals surface area contributed by atoms with E-state index in [1.54, 1.807) is 6.07 Å². The van der Waals surface area contributed by atoms with Crippen LogP contribution in [0.4, 0.5) is 26.2 Å². The van der Waals surface area contributed by atoms with Crippen LogP contribution in [0.15, 0.2) is 30.3 Å². The molecule has 3 heterocycles. The number of aromatic amines is 1. The highest BCUT2D eigenvalue weighted by molar-refractivity contribution is 5.64. The first-order chi connectivity index (χ1) is 13.6. The molecule has 3 aromatic rings. The van der Waals surface area contributed by atoms with Crippen molar-refractivity contribution in [3.05, 3.63) is 47.7 Å². The molecule has 1 aliphatic heterocycles. The number of nitrogens with zero attached hydrogens (tertiary/aromatic N) is 3. The van der Waals surface area contributed by atoms with Gasteiger partial charge in [0.1, 0.15) is 23.3 Å². The number of ether oxygens (including phenoxy) is 1. The molecule has 1 aromatic carbocycles. The molecule has 1 fully saturated rings. The molecule has 146 valence electrons. The fourth-order valence-corrected chi connectivity index (χ4v) is 3.04. The lowest BCUT2D eigenvalue weighted by molar-refractivity contribution is 0.0904. The SMILES string of the molecule is Cc1cc(Nc2cc(NC3CCOCC3)nc(-c3cc(F)ccc3F)n2)n[nH]1. The predicted octanol–water partition coefficient (Wildman–Crippen LogP) is 3.79. The van der Waals surface area contributed by atoms with Gasteiger partial charge in [-0.25, -0.2) is 18.7 Å². The van der Waals surface area contributed by atoms with Crippen molar-refractivity contribution in [1.82, 2.24) is 20.2 Å². The summed E-state index contributed by atoms with van der Waals surface area (Å²) in [6.45, 7) is 3.22. The minimum Gasteiger partial charge on any atom is -0.381 e. The van der Waals surface area contributed by atoms with Crippen LogP contribution in [0.1, 0.15) is 18.5 Å². The molecule has 0 spiro atoms. The monoisotopic (exact) mass is 386 g/mol. The summed E-state index contributed by atoms with van der Waals surface area (Å²) in [7, 11) is 0. The van der Waals surface area contributed by atoms with Gasteiger partial charge in [0.25, 0.3) is 0 Å². The molecule has 2 aromatic heterocycles. The van der Waals surface area contributed by atoms with E-state index in [0.717, 1.165) is 36.7 Å². The van der Waals surface area contributed by atoms with Crippen LogP contribution >= 0.6 is 0 Å². The van der Waals surface area contributed by atoms with E-state index in [9.17, 15) is 8.78 Å². The molecular weight excluding hydrogens is 366 g/mol. The summed E-state index contributed by atoms with van der Waals surface area (Å²) in [5.41, 5.74) is 0.880. The molecule has 28 heavy (non-hydrogen) atoms. The Balaban J connectivity index is 1.70. The van der Waals surface area contributed by atoms with Gasteiger partial charge < -0.3 is 15.4 Å². The number of hydrogen-bond donors (Lipinski definition) is 3. The summed E-state index contributed by atoms with van der Waals surface area (Å²) in [4.78, 5) is 8.76. The molecule has 3 N–H and O–H groups in total. The Morgan fingerprint density at radius 2 is 1.82 bits per heavy atom. The van der Waals surface area contributed by atoms with Gasteiger partial charge >= 0.3 is 0 Å². The molecule has 4 rings (SSSR count). The molecule has 0 bridgehead atoms. The number of anilines is 3.